The molecule has 0 bridgehead atoms. The molecular weight excluding hydrogens is 408 g/mol. The Morgan fingerprint density at radius 1 is 0.875 bits per heavy atom. The summed E-state index contributed by atoms with van der Waals surface area (Å²) in [6.07, 6.45) is 0.798. The number of rotatable bonds is 9. The molecule has 1 aliphatic rings. The fourth-order valence-corrected chi connectivity index (χ4v) is 3.69. The van der Waals surface area contributed by atoms with Crippen molar-refractivity contribution in [1.82, 2.24) is 15.5 Å². The normalized spacial score (nSPS) is 14.0. The van der Waals surface area contributed by atoms with E-state index in [1.165, 1.54) is 0 Å². The SMILES string of the molecule is COc1ccc(CNC(=O)C(=O)NCCCN2CCN(c3ccccc3OC)CC2)cc1. The first-order valence-electron chi connectivity index (χ1n) is 10.9. The number of para-hydroxylation sites is 2. The van der Waals surface area contributed by atoms with E-state index in [-0.39, 0.29) is 0 Å². The van der Waals surface area contributed by atoms with Crippen molar-refractivity contribution in [3.63, 3.8) is 0 Å². The minimum absolute atomic E-state index is 0.298. The van der Waals surface area contributed by atoms with E-state index in [9.17, 15) is 9.59 Å². The third-order valence-corrected chi connectivity index (χ3v) is 5.55. The van der Waals surface area contributed by atoms with Crippen molar-refractivity contribution in [2.45, 2.75) is 13.0 Å². The average molecular weight is 441 g/mol. The molecule has 172 valence electrons. The fourth-order valence-electron chi connectivity index (χ4n) is 3.69. The van der Waals surface area contributed by atoms with Gasteiger partial charge < -0.3 is 25.0 Å². The Labute approximate surface area is 189 Å². The minimum atomic E-state index is -0.619. The summed E-state index contributed by atoms with van der Waals surface area (Å²) in [5.41, 5.74) is 2.03. The number of carbonyl (C=O) groups is 2. The van der Waals surface area contributed by atoms with Crippen molar-refractivity contribution in [1.29, 1.82) is 0 Å². The van der Waals surface area contributed by atoms with Crippen molar-refractivity contribution >= 4 is 17.5 Å². The maximum atomic E-state index is 12.0. The maximum Gasteiger partial charge on any atom is 0.309 e. The van der Waals surface area contributed by atoms with Gasteiger partial charge in [0.1, 0.15) is 11.5 Å². The zero-order chi connectivity index (χ0) is 22.8. The molecule has 0 spiro atoms. The molecule has 0 saturated carbocycles. The van der Waals surface area contributed by atoms with Crippen LogP contribution in [0.15, 0.2) is 48.5 Å². The summed E-state index contributed by atoms with van der Waals surface area (Å²) in [6, 6.07) is 15.4. The Morgan fingerprint density at radius 2 is 1.56 bits per heavy atom. The highest BCUT2D eigenvalue weighted by atomic mass is 16.5. The molecule has 0 unspecified atom stereocenters. The van der Waals surface area contributed by atoms with Crippen LogP contribution in [0.4, 0.5) is 5.69 Å². The predicted molar refractivity (Wildman–Crippen MR) is 124 cm³/mol. The third-order valence-electron chi connectivity index (χ3n) is 5.55. The van der Waals surface area contributed by atoms with Crippen LogP contribution in [0.2, 0.25) is 0 Å². The van der Waals surface area contributed by atoms with Crippen LogP contribution in [-0.4, -0.2) is 70.2 Å². The molecule has 2 N–H and O–H groups in total. The van der Waals surface area contributed by atoms with Crippen molar-refractivity contribution < 1.29 is 19.1 Å². The van der Waals surface area contributed by atoms with Gasteiger partial charge in [-0.15, -0.1) is 0 Å². The van der Waals surface area contributed by atoms with Crippen LogP contribution in [0.1, 0.15) is 12.0 Å². The van der Waals surface area contributed by atoms with Crippen molar-refractivity contribution in [3.05, 3.63) is 54.1 Å². The lowest BCUT2D eigenvalue weighted by Crippen LogP contribution is -2.47. The van der Waals surface area contributed by atoms with E-state index in [2.05, 4.69) is 26.5 Å². The predicted octanol–water partition coefficient (Wildman–Crippen LogP) is 1.65. The van der Waals surface area contributed by atoms with Crippen molar-refractivity contribution in [2.75, 3.05) is 58.4 Å². The molecule has 1 heterocycles. The second-order valence-corrected chi connectivity index (χ2v) is 7.64. The van der Waals surface area contributed by atoms with Gasteiger partial charge in [-0.05, 0) is 42.8 Å². The number of hydrogen-bond donors (Lipinski definition) is 2. The van der Waals surface area contributed by atoms with Gasteiger partial charge >= 0.3 is 11.8 Å². The summed E-state index contributed by atoms with van der Waals surface area (Å²) >= 11 is 0. The van der Waals surface area contributed by atoms with Crippen LogP contribution in [-0.2, 0) is 16.1 Å². The smallest absolute Gasteiger partial charge is 0.309 e. The van der Waals surface area contributed by atoms with E-state index in [0.29, 0.717) is 13.1 Å². The lowest BCUT2D eigenvalue weighted by molar-refractivity contribution is -0.139. The Bertz CT molecular complexity index is 880. The van der Waals surface area contributed by atoms with Gasteiger partial charge in [-0.25, -0.2) is 0 Å². The molecule has 1 aliphatic heterocycles. The number of nitrogens with one attached hydrogen (secondary N) is 2. The topological polar surface area (TPSA) is 83.1 Å². The molecule has 3 rings (SSSR count). The first-order chi connectivity index (χ1) is 15.6. The number of benzene rings is 2. The summed E-state index contributed by atoms with van der Waals surface area (Å²) < 4.78 is 10.6. The molecule has 32 heavy (non-hydrogen) atoms. The second kappa shape index (κ2) is 12.0. The molecule has 2 amide bonds. The Hall–Kier alpha value is -3.26. The van der Waals surface area contributed by atoms with E-state index in [1.54, 1.807) is 14.2 Å². The molecule has 0 atom stereocenters. The number of nitrogens with zero attached hydrogens (tertiary/aromatic N) is 2. The lowest BCUT2D eigenvalue weighted by atomic mass is 10.2. The Balaban J connectivity index is 1.30. The number of piperazine rings is 1. The Kier molecular flexibility index (Phi) is 8.74. The highest BCUT2D eigenvalue weighted by molar-refractivity contribution is 6.35. The van der Waals surface area contributed by atoms with Crippen LogP contribution in [0, 0.1) is 0 Å². The molecule has 2 aromatic rings. The standard InChI is InChI=1S/C24H32N4O4/c1-31-20-10-8-19(9-11-20)18-26-24(30)23(29)25-12-5-13-27-14-16-28(17-15-27)21-6-3-4-7-22(21)32-2/h3-4,6-11H,5,12-18H2,1-2H3,(H,25,29)(H,26,30). The van der Waals surface area contributed by atoms with E-state index in [0.717, 1.165) is 61.9 Å². The first-order valence-corrected chi connectivity index (χ1v) is 10.9. The van der Waals surface area contributed by atoms with Crippen LogP contribution in [0.5, 0.6) is 11.5 Å². The largest absolute Gasteiger partial charge is 0.497 e. The number of carbonyl (C=O) groups excluding carboxylic acids is 2. The highest BCUT2D eigenvalue weighted by Crippen LogP contribution is 2.28. The second-order valence-electron chi connectivity index (χ2n) is 7.64. The Morgan fingerprint density at radius 3 is 2.25 bits per heavy atom. The molecule has 1 saturated heterocycles. The van der Waals surface area contributed by atoms with Gasteiger partial charge in [0, 0.05) is 39.3 Å². The van der Waals surface area contributed by atoms with E-state index in [4.69, 9.17) is 9.47 Å². The van der Waals surface area contributed by atoms with Gasteiger partial charge in [0.15, 0.2) is 0 Å². The number of hydrogen-bond acceptors (Lipinski definition) is 6. The molecule has 0 aliphatic carbocycles. The van der Waals surface area contributed by atoms with Crippen LogP contribution < -0.4 is 25.0 Å². The number of amides is 2. The molecular formula is C24H32N4O4. The van der Waals surface area contributed by atoms with Crippen molar-refractivity contribution in [2.24, 2.45) is 0 Å². The summed E-state index contributed by atoms with van der Waals surface area (Å²) in [7, 11) is 3.30. The number of ether oxygens (including phenoxy) is 2. The molecule has 8 nitrogen and oxygen atoms in total. The number of methoxy groups -OCH3 is 2. The summed E-state index contributed by atoms with van der Waals surface area (Å²) in [5, 5.41) is 5.34. The number of anilines is 1. The molecule has 0 radical (unpaired) electrons. The molecule has 8 heteroatoms. The zero-order valence-electron chi connectivity index (χ0n) is 18.8. The highest BCUT2D eigenvalue weighted by Gasteiger charge is 2.19. The van der Waals surface area contributed by atoms with Gasteiger partial charge in [-0.1, -0.05) is 24.3 Å². The minimum Gasteiger partial charge on any atom is -0.497 e. The van der Waals surface area contributed by atoms with Crippen LogP contribution >= 0.6 is 0 Å². The van der Waals surface area contributed by atoms with Crippen molar-refractivity contribution in [3.8, 4) is 11.5 Å². The monoisotopic (exact) mass is 440 g/mol. The first kappa shape index (κ1) is 23.4. The van der Waals surface area contributed by atoms with E-state index >= 15 is 0 Å². The van der Waals surface area contributed by atoms with Gasteiger partial charge in [-0.2, -0.15) is 0 Å². The fraction of sp³-hybridized carbons (Fsp3) is 0.417. The molecule has 1 fully saturated rings. The molecule has 2 aromatic carbocycles. The quantitative estimate of drug-likeness (QED) is 0.456. The van der Waals surface area contributed by atoms with E-state index < -0.39 is 11.8 Å². The summed E-state index contributed by atoms with van der Waals surface area (Å²) in [5.74, 6) is 0.429. The molecule has 0 aromatic heterocycles. The van der Waals surface area contributed by atoms with Crippen LogP contribution in [0.3, 0.4) is 0 Å². The zero-order valence-corrected chi connectivity index (χ0v) is 18.8. The lowest BCUT2D eigenvalue weighted by Gasteiger charge is -2.36. The van der Waals surface area contributed by atoms with Gasteiger partial charge in [0.2, 0.25) is 0 Å². The van der Waals surface area contributed by atoms with Gasteiger partial charge in [0.05, 0.1) is 19.9 Å². The maximum absolute atomic E-state index is 12.0. The van der Waals surface area contributed by atoms with Gasteiger partial charge in [0.25, 0.3) is 0 Å². The third kappa shape index (κ3) is 6.62. The average Bonchev–Trinajstić information content (AvgIpc) is 2.85. The summed E-state index contributed by atoms with van der Waals surface area (Å²) in [6.45, 7) is 5.42. The van der Waals surface area contributed by atoms with Gasteiger partial charge in [-0.3, -0.25) is 14.5 Å². The summed E-state index contributed by atoms with van der Waals surface area (Å²) in [4.78, 5) is 28.7. The van der Waals surface area contributed by atoms with Crippen LogP contribution in [0.25, 0.3) is 0 Å². The van der Waals surface area contributed by atoms with E-state index in [1.807, 2.05) is 42.5 Å².